The molecule has 46 heteroatoms. The predicted molar refractivity (Wildman–Crippen MR) is 476 cm³/mol. The Hall–Kier alpha value is -4.80. The second kappa shape index (κ2) is 61.5. The van der Waals surface area contributed by atoms with Crippen LogP contribution in [0.2, 0.25) is 0 Å². The summed E-state index contributed by atoms with van der Waals surface area (Å²) in [6.45, 7) is -0.506. The summed E-state index contributed by atoms with van der Waals surface area (Å²) in [4.78, 5) is 79.8. The van der Waals surface area contributed by atoms with Crippen molar-refractivity contribution < 1.29 is 202 Å². The van der Waals surface area contributed by atoms with Crippen LogP contribution in [0.1, 0.15) is 241 Å². The molecule has 0 aromatic rings. The van der Waals surface area contributed by atoms with E-state index in [4.69, 9.17) is 66.3 Å². The molecule has 0 spiro atoms. The highest BCUT2D eigenvalue weighted by atomic mass is 16.8. The highest BCUT2D eigenvalue weighted by Crippen LogP contribution is 2.43. The van der Waals surface area contributed by atoms with Crippen LogP contribution < -0.4 is 26.6 Å². The Labute approximate surface area is 799 Å². The van der Waals surface area contributed by atoms with E-state index in [-0.39, 0.29) is 6.42 Å². The second-order valence-electron chi connectivity index (χ2n) is 37.1. The van der Waals surface area contributed by atoms with Crippen LogP contribution in [0.4, 0.5) is 0 Å². The highest BCUT2D eigenvalue weighted by Gasteiger charge is 2.64. The van der Waals surface area contributed by atoms with Crippen LogP contribution in [-0.4, -0.2) is 428 Å². The number of carbonyl (C=O) groups excluding carboxylic acids is 5. The van der Waals surface area contributed by atoms with E-state index in [0.29, 0.717) is 12.8 Å². The van der Waals surface area contributed by atoms with Gasteiger partial charge in [0.1, 0.15) is 165 Å². The molecular weight excluding hydrogens is 1820 g/mol. The third kappa shape index (κ3) is 35.3. The smallest absolute Gasteiger partial charge is 0.364 e. The standard InChI is InChI=1S/C91H161N5O41/c1-7-9-11-13-15-17-19-21-22-23-24-26-28-30-32-34-36-38-62(111)96-52(53(108)37-35-33-31-29-27-25-20-18-16-14-12-10-8-2)47-124-87-74(119)73(118)77(60(45-102)129-87)131-89-76(121)83(137-91(90(122)123)39-54(109)63(92-48(3)104)81(136-91)67(112)55(110)40-97)78(61(46-103)130-89)132-85-66(95-51(6)107)80(70(115)58(43-100)126-85)134-88-75(120)82(71(116)59(44-101)128-88)135-86-65(94-50(5)106)79(69(114)57(42-99)127-86)133-84-64(93-49(4)105)72(117)68(113)56(41-98)125-84/h35,37,52-61,63-89,97-103,108-110,112-121H,7-34,36,38-47H2,1-6H3,(H,92,104)(H,93,105)(H,94,106)(H,95,107)(H,96,111)(H,122,123)/b37-35+/t52-,53+,54?,55+,56?,57?,58?,59?,60?,61?,63+,64?,65?,66?,67+,68-,69-,70-,71-,72+,73+,74?,75?,76?,77+,78-,79+,80+,81?,82-,83+,84+,85-,86-,87+,88-,89-,91-/m0/s1. The van der Waals surface area contributed by atoms with Crippen LogP contribution >= 0.6 is 0 Å². The van der Waals surface area contributed by atoms with Crippen LogP contribution in [0.25, 0.3) is 0 Å². The van der Waals surface area contributed by atoms with Gasteiger partial charge in [0.15, 0.2) is 37.7 Å². The van der Waals surface area contributed by atoms with Crippen LogP contribution in [0.15, 0.2) is 12.2 Å². The number of allylic oxidation sites excluding steroid dienone is 1. The number of aliphatic hydroxyl groups excluding tert-OH is 20. The number of aliphatic carboxylic acids is 1. The van der Waals surface area contributed by atoms with Crippen molar-refractivity contribution in [2.75, 3.05) is 52.9 Å². The molecule has 0 aromatic heterocycles. The molecule has 7 aliphatic heterocycles. The van der Waals surface area contributed by atoms with E-state index in [0.717, 1.165) is 91.9 Å². The van der Waals surface area contributed by atoms with Crippen LogP contribution in [0.5, 0.6) is 0 Å². The van der Waals surface area contributed by atoms with Gasteiger partial charge < -0.3 is 200 Å². The van der Waals surface area contributed by atoms with Crippen molar-refractivity contribution in [3.63, 3.8) is 0 Å². The van der Waals surface area contributed by atoms with Crippen molar-refractivity contribution in [2.24, 2.45) is 0 Å². The van der Waals surface area contributed by atoms with Gasteiger partial charge in [-0.1, -0.05) is 193 Å². The minimum Gasteiger partial charge on any atom is -0.477 e. The lowest BCUT2D eigenvalue weighted by Gasteiger charge is -2.53. The third-order valence-electron chi connectivity index (χ3n) is 26.1. The van der Waals surface area contributed by atoms with Crippen molar-refractivity contribution in [1.82, 2.24) is 26.6 Å². The zero-order valence-electron chi connectivity index (χ0n) is 79.7. The summed E-state index contributed by atoms with van der Waals surface area (Å²) in [5.74, 6) is -9.84. The first-order chi connectivity index (χ1) is 65.5. The molecule has 0 bridgehead atoms. The fraction of sp³-hybridized carbons (Fsp3) is 0.912. The third-order valence-corrected chi connectivity index (χ3v) is 26.1. The van der Waals surface area contributed by atoms with Gasteiger partial charge in [-0.05, 0) is 19.3 Å². The number of ether oxygens (including phenoxy) is 14. The van der Waals surface area contributed by atoms with Gasteiger partial charge in [0.05, 0.1) is 77.1 Å². The van der Waals surface area contributed by atoms with Crippen molar-refractivity contribution in [3.05, 3.63) is 12.2 Å². The molecule has 0 aromatic carbocycles. The fourth-order valence-corrected chi connectivity index (χ4v) is 18.4. The van der Waals surface area contributed by atoms with Gasteiger partial charge in [0, 0.05) is 40.5 Å². The largest absolute Gasteiger partial charge is 0.477 e. The van der Waals surface area contributed by atoms with Crippen molar-refractivity contribution in [2.45, 2.75) is 473 Å². The number of nitrogens with one attached hydrogen (secondary N) is 5. The Morgan fingerprint density at radius 1 is 0.380 bits per heavy atom. The van der Waals surface area contributed by atoms with Crippen LogP contribution in [0, 0.1) is 0 Å². The van der Waals surface area contributed by atoms with E-state index in [2.05, 4.69) is 40.4 Å². The summed E-state index contributed by atoms with van der Waals surface area (Å²) in [6.07, 6.45) is -34.0. The summed E-state index contributed by atoms with van der Waals surface area (Å²) in [5.41, 5.74) is 0. The van der Waals surface area contributed by atoms with Crippen molar-refractivity contribution in [3.8, 4) is 0 Å². The van der Waals surface area contributed by atoms with E-state index in [1.807, 2.05) is 0 Å². The average Bonchev–Trinajstić information content (AvgIpc) is 0.748. The maximum atomic E-state index is 14.1. The molecule has 46 nitrogen and oxygen atoms in total. The molecule has 5 amide bonds. The number of rotatable bonds is 62. The van der Waals surface area contributed by atoms with E-state index >= 15 is 0 Å². The summed E-state index contributed by atoms with van der Waals surface area (Å²) in [6, 6.07) is -8.72. The molecule has 0 aliphatic carbocycles. The molecule has 14 unspecified atom stereocenters. The Bertz CT molecular complexity index is 3470. The van der Waals surface area contributed by atoms with Gasteiger partial charge in [-0.25, -0.2) is 4.79 Å². The number of hydrogen-bond acceptors (Lipinski definition) is 40. The van der Waals surface area contributed by atoms with E-state index in [1.165, 1.54) is 115 Å². The number of hydrogen-bond donors (Lipinski definition) is 26. The molecule has 0 radical (unpaired) electrons. The van der Waals surface area contributed by atoms with E-state index < -0.39 is 327 Å². The van der Waals surface area contributed by atoms with Gasteiger partial charge >= 0.3 is 5.97 Å². The van der Waals surface area contributed by atoms with Crippen LogP contribution in [0.3, 0.4) is 0 Å². The molecule has 7 aliphatic rings. The molecule has 7 saturated heterocycles. The minimum atomic E-state index is -3.50. The highest BCUT2D eigenvalue weighted by molar-refractivity contribution is 5.77. The van der Waals surface area contributed by atoms with Crippen LogP contribution in [-0.2, 0) is 95.1 Å². The second-order valence-corrected chi connectivity index (χ2v) is 37.1. The van der Waals surface area contributed by atoms with Gasteiger partial charge in [-0.3, -0.25) is 24.0 Å². The van der Waals surface area contributed by atoms with Gasteiger partial charge in [-0.15, -0.1) is 0 Å². The molecule has 7 fully saturated rings. The lowest BCUT2D eigenvalue weighted by molar-refractivity contribution is -0.404. The number of amides is 5. The summed E-state index contributed by atoms with van der Waals surface area (Å²) < 4.78 is 85.5. The molecule has 796 valence electrons. The molecule has 38 atom stereocenters. The minimum absolute atomic E-state index is 0.0949. The molecular formula is C91H161N5O41. The van der Waals surface area contributed by atoms with Gasteiger partial charge in [-0.2, -0.15) is 0 Å². The fourth-order valence-electron chi connectivity index (χ4n) is 18.4. The molecule has 0 saturated carbocycles. The lowest BCUT2D eigenvalue weighted by Crippen LogP contribution is -2.72. The van der Waals surface area contributed by atoms with Gasteiger partial charge in [0.25, 0.3) is 5.79 Å². The van der Waals surface area contributed by atoms with Gasteiger partial charge in [0.2, 0.25) is 29.5 Å². The Kier molecular flexibility index (Phi) is 53.5. The zero-order chi connectivity index (χ0) is 101. The first-order valence-electron chi connectivity index (χ1n) is 49.1. The molecule has 7 heterocycles. The Morgan fingerprint density at radius 2 is 0.737 bits per heavy atom. The quantitative estimate of drug-likeness (QED) is 0.0202. The predicted octanol–water partition coefficient (Wildman–Crippen LogP) is -4.33. The monoisotopic (exact) mass is 1980 g/mol. The van der Waals surface area contributed by atoms with Crippen molar-refractivity contribution in [1.29, 1.82) is 0 Å². The topological polar surface area (TPSA) is 717 Å². The lowest BCUT2D eigenvalue weighted by atomic mass is 9.88. The molecule has 26 N–H and O–H groups in total. The Morgan fingerprint density at radius 3 is 1.18 bits per heavy atom. The normalized spacial score (nSPS) is 36.3. The number of unbranched alkanes of at least 4 members (excludes halogenated alkanes) is 27. The number of carboxylic acids is 1. The first-order valence-corrected chi connectivity index (χ1v) is 49.1. The SMILES string of the molecule is CCCCCCCCCCCCC/C=C/[C@@H](O)[C@H](CO[C@@H]1OC(CO)[C@@H](O[C@@H]2OC(CO)[C@H](O[C@@H]3OC(CO)[C@H](O)[C@H](O[C@@H]4OC(CO)[C@H](O)[C@H](O[C@@H]5OC(CO)[C@H](O)[C@H](O[C@H]6OC(CO)[C@H](O)[C@H](O)C6NC(C)=O)C5NC(C)=O)C4O)C3NC(C)=O)[C@H](O[C@]3(C(=O)O)CC(O)[C@@H](NC(C)=O)C([C@H](O)[C@H](O)CO)O3)C2O)[C@H](O)C1O)NC(=O)CCCCCCCCCCCCCCCCCCC. The van der Waals surface area contributed by atoms with E-state index in [1.54, 1.807) is 6.08 Å². The number of aliphatic hydroxyl groups is 20. The van der Waals surface area contributed by atoms with Crippen molar-refractivity contribution >= 4 is 35.5 Å². The average molecular weight is 1980 g/mol. The number of carbonyl (C=O) groups is 6. The molecule has 7 rings (SSSR count). The zero-order valence-corrected chi connectivity index (χ0v) is 79.7. The number of carboxylic acid groups (broad SMARTS) is 1. The Balaban J connectivity index is 1.16. The molecule has 137 heavy (non-hydrogen) atoms. The summed E-state index contributed by atoms with van der Waals surface area (Å²) in [7, 11) is 0. The van der Waals surface area contributed by atoms with E-state index in [9.17, 15) is 136 Å². The maximum Gasteiger partial charge on any atom is 0.364 e. The first kappa shape index (κ1) is 119. The summed E-state index contributed by atoms with van der Waals surface area (Å²) >= 11 is 0. The maximum absolute atomic E-state index is 14.1. The summed E-state index contributed by atoms with van der Waals surface area (Å²) in [5, 5.41) is 252.